The summed E-state index contributed by atoms with van der Waals surface area (Å²) < 4.78 is 13.2. The predicted molar refractivity (Wildman–Crippen MR) is 75.4 cm³/mol. The van der Waals surface area contributed by atoms with E-state index in [9.17, 15) is 4.39 Å². The summed E-state index contributed by atoms with van der Waals surface area (Å²) >= 11 is 7.98. The fourth-order valence-electron chi connectivity index (χ4n) is 1.49. The van der Waals surface area contributed by atoms with Gasteiger partial charge >= 0.3 is 0 Å². The molecule has 4 heteroatoms. The lowest BCUT2D eigenvalue weighted by atomic mass is 10.1. The summed E-state index contributed by atoms with van der Waals surface area (Å²) in [6.07, 6.45) is 1.14. The Bertz CT molecular complexity index is 359. The maximum atomic E-state index is 13.2. The number of thioether (sulfide) groups is 1. The fraction of sp³-hybridized carbons (Fsp3) is 0.538. The zero-order chi connectivity index (χ0) is 12.8. The summed E-state index contributed by atoms with van der Waals surface area (Å²) in [6.45, 7) is 4.37. The molecular formula is C13H19ClFNS. The molecule has 0 bridgehead atoms. The number of hydrogen-bond donors (Lipinski definition) is 1. The van der Waals surface area contributed by atoms with Gasteiger partial charge in [0.15, 0.2) is 0 Å². The van der Waals surface area contributed by atoms with Crippen LogP contribution >= 0.6 is 23.4 Å². The Balaban J connectivity index is 2.75. The van der Waals surface area contributed by atoms with Crippen molar-refractivity contribution in [2.75, 3.05) is 12.8 Å². The second-order valence-corrected chi connectivity index (χ2v) is 5.94. The molecule has 96 valence electrons. The summed E-state index contributed by atoms with van der Waals surface area (Å²) in [5.74, 6) is 0.660. The van der Waals surface area contributed by atoms with Crippen molar-refractivity contribution in [1.29, 1.82) is 0 Å². The number of hydrogen-bond acceptors (Lipinski definition) is 2. The van der Waals surface area contributed by atoms with Crippen LogP contribution in [0.4, 0.5) is 4.39 Å². The molecule has 2 atom stereocenters. The third kappa shape index (κ3) is 4.49. The van der Waals surface area contributed by atoms with Gasteiger partial charge in [0.2, 0.25) is 0 Å². The lowest BCUT2D eigenvalue weighted by Crippen LogP contribution is -2.20. The molecule has 17 heavy (non-hydrogen) atoms. The first-order valence-corrected chi connectivity index (χ1v) is 7.25. The van der Waals surface area contributed by atoms with E-state index in [1.54, 1.807) is 6.07 Å². The van der Waals surface area contributed by atoms with Gasteiger partial charge in [-0.05, 0) is 37.2 Å². The Labute approximate surface area is 112 Å². The van der Waals surface area contributed by atoms with Gasteiger partial charge in [-0.15, -0.1) is 0 Å². The Hall–Kier alpha value is -0.250. The van der Waals surface area contributed by atoms with Crippen molar-refractivity contribution in [1.82, 2.24) is 5.32 Å². The van der Waals surface area contributed by atoms with Crippen LogP contribution in [0.3, 0.4) is 0 Å². The SMILES string of the molecule is CCC(C)SCC(NC)c1cc(F)ccc1Cl. The highest BCUT2D eigenvalue weighted by molar-refractivity contribution is 7.99. The molecular weight excluding hydrogens is 257 g/mol. The Morgan fingerprint density at radius 3 is 2.76 bits per heavy atom. The van der Waals surface area contributed by atoms with Crippen LogP contribution in [0.15, 0.2) is 18.2 Å². The molecule has 2 unspecified atom stereocenters. The van der Waals surface area contributed by atoms with Gasteiger partial charge < -0.3 is 5.32 Å². The number of halogens is 2. The quantitative estimate of drug-likeness (QED) is 0.832. The molecule has 0 aliphatic carbocycles. The molecule has 0 amide bonds. The van der Waals surface area contributed by atoms with E-state index in [2.05, 4.69) is 19.2 Å². The molecule has 0 saturated heterocycles. The van der Waals surface area contributed by atoms with E-state index in [0.717, 1.165) is 17.7 Å². The van der Waals surface area contributed by atoms with Gasteiger partial charge in [0.25, 0.3) is 0 Å². The van der Waals surface area contributed by atoms with E-state index in [-0.39, 0.29) is 11.9 Å². The minimum Gasteiger partial charge on any atom is -0.312 e. The highest BCUT2D eigenvalue weighted by Gasteiger charge is 2.15. The maximum absolute atomic E-state index is 13.2. The van der Waals surface area contributed by atoms with Crippen molar-refractivity contribution in [3.8, 4) is 0 Å². The van der Waals surface area contributed by atoms with Gasteiger partial charge in [0, 0.05) is 22.1 Å². The van der Waals surface area contributed by atoms with E-state index >= 15 is 0 Å². The van der Waals surface area contributed by atoms with Crippen molar-refractivity contribution < 1.29 is 4.39 Å². The lowest BCUT2D eigenvalue weighted by molar-refractivity contribution is 0.611. The van der Waals surface area contributed by atoms with Gasteiger partial charge in [-0.2, -0.15) is 11.8 Å². The maximum Gasteiger partial charge on any atom is 0.123 e. The second-order valence-electron chi connectivity index (χ2n) is 4.06. The van der Waals surface area contributed by atoms with Crippen molar-refractivity contribution in [3.05, 3.63) is 34.6 Å². The third-order valence-electron chi connectivity index (χ3n) is 2.80. The molecule has 0 radical (unpaired) electrons. The Morgan fingerprint density at radius 1 is 1.47 bits per heavy atom. The van der Waals surface area contributed by atoms with Crippen LogP contribution < -0.4 is 5.32 Å². The number of benzene rings is 1. The normalized spacial score (nSPS) is 14.6. The van der Waals surface area contributed by atoms with Crippen molar-refractivity contribution in [2.45, 2.75) is 31.6 Å². The van der Waals surface area contributed by atoms with Crippen LogP contribution in [0.5, 0.6) is 0 Å². The second kappa shape index (κ2) is 7.24. The van der Waals surface area contributed by atoms with Crippen LogP contribution in [-0.4, -0.2) is 18.1 Å². The van der Waals surface area contributed by atoms with Crippen LogP contribution in [-0.2, 0) is 0 Å². The van der Waals surface area contributed by atoms with Gasteiger partial charge in [-0.25, -0.2) is 4.39 Å². The highest BCUT2D eigenvalue weighted by Crippen LogP contribution is 2.28. The van der Waals surface area contributed by atoms with Crippen molar-refractivity contribution in [2.24, 2.45) is 0 Å². The van der Waals surface area contributed by atoms with E-state index in [1.807, 2.05) is 18.8 Å². The molecule has 0 saturated carbocycles. The minimum atomic E-state index is -0.238. The molecule has 0 aliphatic heterocycles. The molecule has 0 fully saturated rings. The van der Waals surface area contributed by atoms with Gasteiger partial charge in [0.05, 0.1) is 0 Å². The zero-order valence-electron chi connectivity index (χ0n) is 10.5. The number of nitrogens with one attached hydrogen (secondary N) is 1. The summed E-state index contributed by atoms with van der Waals surface area (Å²) in [5, 5.41) is 4.42. The van der Waals surface area contributed by atoms with Crippen LogP contribution in [0.1, 0.15) is 31.9 Å². The average molecular weight is 276 g/mol. The van der Waals surface area contributed by atoms with Crippen molar-refractivity contribution in [3.63, 3.8) is 0 Å². The Kier molecular flexibility index (Phi) is 6.31. The molecule has 0 heterocycles. The molecule has 0 aromatic heterocycles. The molecule has 1 nitrogen and oxygen atoms in total. The minimum absolute atomic E-state index is 0.0946. The van der Waals surface area contributed by atoms with Crippen LogP contribution in [0.25, 0.3) is 0 Å². The highest BCUT2D eigenvalue weighted by atomic mass is 35.5. The zero-order valence-corrected chi connectivity index (χ0v) is 12.0. The topological polar surface area (TPSA) is 12.0 Å². The summed E-state index contributed by atoms with van der Waals surface area (Å²) in [6, 6.07) is 4.61. The molecule has 1 aromatic rings. The first-order chi connectivity index (χ1) is 8.08. The number of rotatable bonds is 6. The average Bonchev–Trinajstić information content (AvgIpc) is 2.33. The van der Waals surface area contributed by atoms with E-state index in [4.69, 9.17) is 11.6 Å². The summed E-state index contributed by atoms with van der Waals surface area (Å²) in [4.78, 5) is 0. The molecule has 0 aliphatic rings. The first kappa shape index (κ1) is 14.8. The van der Waals surface area contributed by atoms with E-state index < -0.39 is 0 Å². The Morgan fingerprint density at radius 2 is 2.18 bits per heavy atom. The molecule has 1 aromatic carbocycles. The largest absolute Gasteiger partial charge is 0.312 e. The van der Waals surface area contributed by atoms with Crippen LogP contribution in [0.2, 0.25) is 5.02 Å². The monoisotopic (exact) mass is 275 g/mol. The molecule has 1 rings (SSSR count). The summed E-state index contributed by atoms with van der Waals surface area (Å²) in [7, 11) is 1.88. The third-order valence-corrected chi connectivity index (χ3v) is 4.58. The standard InChI is InChI=1S/C13H19ClFNS/c1-4-9(2)17-8-13(16-3)11-7-10(15)5-6-12(11)14/h5-7,9,13,16H,4,8H2,1-3H3. The molecule has 0 spiro atoms. The van der Waals surface area contributed by atoms with Gasteiger partial charge in [-0.3, -0.25) is 0 Å². The van der Waals surface area contributed by atoms with E-state index in [1.165, 1.54) is 12.1 Å². The van der Waals surface area contributed by atoms with Gasteiger partial charge in [0.1, 0.15) is 5.82 Å². The smallest absolute Gasteiger partial charge is 0.123 e. The molecule has 1 N–H and O–H groups in total. The van der Waals surface area contributed by atoms with Crippen LogP contribution in [0, 0.1) is 5.82 Å². The predicted octanol–water partition coefficient (Wildman–Crippen LogP) is 4.27. The van der Waals surface area contributed by atoms with Gasteiger partial charge in [-0.1, -0.05) is 25.4 Å². The lowest BCUT2D eigenvalue weighted by Gasteiger charge is -2.19. The van der Waals surface area contributed by atoms with E-state index in [0.29, 0.717) is 10.3 Å². The first-order valence-electron chi connectivity index (χ1n) is 5.82. The summed E-state index contributed by atoms with van der Waals surface area (Å²) in [5.41, 5.74) is 0.838. The van der Waals surface area contributed by atoms with Crippen molar-refractivity contribution >= 4 is 23.4 Å². The fourth-order valence-corrected chi connectivity index (χ4v) is 2.84.